The van der Waals surface area contributed by atoms with E-state index in [1.165, 1.54) is 5.69 Å². The summed E-state index contributed by atoms with van der Waals surface area (Å²) in [5.74, 6) is 0. The van der Waals surface area contributed by atoms with Gasteiger partial charge in [0.05, 0.1) is 29.6 Å². The third-order valence-electron chi connectivity index (χ3n) is 4.53. The largest absolute Gasteiger partial charge is 0.331 e. The zero-order valence-electron chi connectivity index (χ0n) is 13.5. The first-order valence-corrected chi connectivity index (χ1v) is 8.14. The number of amides is 2. The summed E-state index contributed by atoms with van der Waals surface area (Å²) in [5.41, 5.74) is 3.93. The molecular weight excluding hydrogens is 302 g/mol. The number of pyridine rings is 1. The maximum Gasteiger partial charge on any atom is 0.319 e. The van der Waals surface area contributed by atoms with Gasteiger partial charge in [0.2, 0.25) is 0 Å². The fourth-order valence-electron chi connectivity index (χ4n) is 3.32. The molecule has 0 unspecified atom stereocenters. The molecule has 2 aromatic heterocycles. The summed E-state index contributed by atoms with van der Waals surface area (Å²) in [4.78, 5) is 16.7. The smallest absolute Gasteiger partial charge is 0.319 e. The first kappa shape index (κ1) is 14.7. The Morgan fingerprint density at radius 2 is 2.17 bits per heavy atom. The number of nitrogens with one attached hydrogen (secondary N) is 2. The van der Waals surface area contributed by atoms with E-state index in [0.717, 1.165) is 35.7 Å². The SMILES string of the molecule is Cn1ncc2c1CCC[C@@H]2NC(=O)Nc1cnc2ccccc2c1. The standard InChI is InChI=1S/C18H19N5O/c1-23-17-8-4-7-16(14(17)11-20-23)22-18(24)21-13-9-12-5-2-3-6-15(12)19-10-13/h2-3,5-6,9-11,16H,4,7-8H2,1H3,(H2,21,22,24)/t16-/m0/s1. The molecule has 4 rings (SSSR count). The van der Waals surface area contributed by atoms with E-state index in [1.807, 2.05) is 48.3 Å². The lowest BCUT2D eigenvalue weighted by molar-refractivity contribution is 0.247. The van der Waals surface area contributed by atoms with Crippen molar-refractivity contribution in [3.63, 3.8) is 0 Å². The van der Waals surface area contributed by atoms with Gasteiger partial charge in [0.15, 0.2) is 0 Å². The number of carbonyl (C=O) groups is 1. The molecule has 6 nitrogen and oxygen atoms in total. The number of hydrogen-bond donors (Lipinski definition) is 2. The highest BCUT2D eigenvalue weighted by Gasteiger charge is 2.24. The first-order chi connectivity index (χ1) is 11.7. The van der Waals surface area contributed by atoms with Gasteiger partial charge < -0.3 is 10.6 Å². The summed E-state index contributed by atoms with van der Waals surface area (Å²) < 4.78 is 1.90. The van der Waals surface area contributed by atoms with Gasteiger partial charge in [-0.3, -0.25) is 9.67 Å². The topological polar surface area (TPSA) is 71.8 Å². The monoisotopic (exact) mass is 321 g/mol. The molecule has 0 aliphatic heterocycles. The molecule has 3 aromatic rings. The predicted molar refractivity (Wildman–Crippen MR) is 92.8 cm³/mol. The van der Waals surface area contributed by atoms with Gasteiger partial charge in [-0.05, 0) is 31.4 Å². The van der Waals surface area contributed by atoms with Crippen LogP contribution in [0, 0.1) is 0 Å². The minimum Gasteiger partial charge on any atom is -0.331 e. The van der Waals surface area contributed by atoms with E-state index in [4.69, 9.17) is 0 Å². The summed E-state index contributed by atoms with van der Waals surface area (Å²) in [6.07, 6.45) is 6.53. The van der Waals surface area contributed by atoms with E-state index < -0.39 is 0 Å². The fraction of sp³-hybridized carbons (Fsp3) is 0.278. The Labute approximate surface area is 139 Å². The van der Waals surface area contributed by atoms with E-state index in [2.05, 4.69) is 20.7 Å². The van der Waals surface area contributed by atoms with Crippen molar-refractivity contribution in [2.24, 2.45) is 7.05 Å². The van der Waals surface area contributed by atoms with Crippen molar-refractivity contribution in [2.45, 2.75) is 25.3 Å². The number of benzene rings is 1. The maximum absolute atomic E-state index is 12.4. The Kier molecular flexibility index (Phi) is 3.65. The molecule has 24 heavy (non-hydrogen) atoms. The second kappa shape index (κ2) is 5.96. The maximum atomic E-state index is 12.4. The van der Waals surface area contributed by atoms with Gasteiger partial charge in [-0.25, -0.2) is 4.79 Å². The summed E-state index contributed by atoms with van der Waals surface area (Å²) in [5, 5.41) is 11.2. The summed E-state index contributed by atoms with van der Waals surface area (Å²) in [6, 6.07) is 9.56. The van der Waals surface area contributed by atoms with Crippen molar-refractivity contribution in [1.29, 1.82) is 0 Å². The fourth-order valence-corrected chi connectivity index (χ4v) is 3.32. The molecule has 122 valence electrons. The lowest BCUT2D eigenvalue weighted by Crippen LogP contribution is -2.34. The second-order valence-electron chi connectivity index (χ2n) is 6.13. The normalized spacial score (nSPS) is 16.6. The van der Waals surface area contributed by atoms with Gasteiger partial charge in [-0.1, -0.05) is 18.2 Å². The van der Waals surface area contributed by atoms with Crippen molar-refractivity contribution in [3.05, 3.63) is 54.0 Å². The Hall–Kier alpha value is -2.89. The van der Waals surface area contributed by atoms with Crippen LogP contribution in [-0.2, 0) is 13.5 Å². The van der Waals surface area contributed by atoms with Crippen molar-refractivity contribution in [2.75, 3.05) is 5.32 Å². The molecule has 1 aliphatic rings. The highest BCUT2D eigenvalue weighted by atomic mass is 16.2. The van der Waals surface area contributed by atoms with Gasteiger partial charge in [-0.2, -0.15) is 5.10 Å². The van der Waals surface area contributed by atoms with E-state index in [0.29, 0.717) is 5.69 Å². The molecule has 6 heteroatoms. The van der Waals surface area contributed by atoms with Crippen LogP contribution in [-0.4, -0.2) is 20.8 Å². The van der Waals surface area contributed by atoms with Crippen LogP contribution in [0.15, 0.2) is 42.7 Å². The summed E-state index contributed by atoms with van der Waals surface area (Å²) in [7, 11) is 1.95. The number of aromatic nitrogens is 3. The molecule has 1 atom stereocenters. The van der Waals surface area contributed by atoms with Crippen LogP contribution in [0.2, 0.25) is 0 Å². The zero-order chi connectivity index (χ0) is 16.5. The highest BCUT2D eigenvalue weighted by Crippen LogP contribution is 2.29. The molecule has 2 N–H and O–H groups in total. The molecule has 2 amide bonds. The van der Waals surface area contributed by atoms with Crippen LogP contribution >= 0.6 is 0 Å². The zero-order valence-corrected chi connectivity index (χ0v) is 13.5. The van der Waals surface area contributed by atoms with Gasteiger partial charge in [0, 0.05) is 23.7 Å². The van der Waals surface area contributed by atoms with Gasteiger partial charge >= 0.3 is 6.03 Å². The predicted octanol–water partition coefficient (Wildman–Crippen LogP) is 3.17. The van der Waals surface area contributed by atoms with E-state index in [1.54, 1.807) is 6.20 Å². The van der Waals surface area contributed by atoms with Gasteiger partial charge in [0.25, 0.3) is 0 Å². The van der Waals surface area contributed by atoms with E-state index in [-0.39, 0.29) is 12.1 Å². The minimum atomic E-state index is -0.214. The van der Waals surface area contributed by atoms with Crippen LogP contribution in [0.5, 0.6) is 0 Å². The van der Waals surface area contributed by atoms with Crippen LogP contribution in [0.3, 0.4) is 0 Å². The minimum absolute atomic E-state index is 0.0101. The van der Waals surface area contributed by atoms with Crippen molar-refractivity contribution in [3.8, 4) is 0 Å². The number of urea groups is 1. The number of para-hydroxylation sites is 1. The van der Waals surface area contributed by atoms with Crippen LogP contribution in [0.25, 0.3) is 10.9 Å². The Morgan fingerprint density at radius 1 is 1.29 bits per heavy atom. The summed E-state index contributed by atoms with van der Waals surface area (Å²) >= 11 is 0. The van der Waals surface area contributed by atoms with E-state index in [9.17, 15) is 4.79 Å². The highest BCUT2D eigenvalue weighted by molar-refractivity contribution is 5.92. The molecule has 0 bridgehead atoms. The Bertz CT molecular complexity index is 901. The number of rotatable bonds is 2. The molecule has 2 heterocycles. The first-order valence-electron chi connectivity index (χ1n) is 8.14. The second-order valence-corrected chi connectivity index (χ2v) is 6.13. The molecule has 1 aromatic carbocycles. The number of carbonyl (C=O) groups excluding carboxylic acids is 1. The quantitative estimate of drug-likeness (QED) is 0.761. The number of nitrogens with zero attached hydrogens (tertiary/aromatic N) is 3. The molecule has 0 saturated heterocycles. The van der Waals surface area contributed by atoms with E-state index >= 15 is 0 Å². The number of fused-ring (bicyclic) bond motifs is 2. The number of anilines is 1. The average Bonchev–Trinajstić information content (AvgIpc) is 2.97. The number of aryl methyl sites for hydroxylation is 1. The van der Waals surface area contributed by atoms with Crippen molar-refractivity contribution in [1.82, 2.24) is 20.1 Å². The molecule has 0 spiro atoms. The molecule has 0 fully saturated rings. The molecule has 0 radical (unpaired) electrons. The average molecular weight is 321 g/mol. The number of hydrogen-bond acceptors (Lipinski definition) is 3. The van der Waals surface area contributed by atoms with Crippen LogP contribution in [0.1, 0.15) is 30.1 Å². The van der Waals surface area contributed by atoms with Gasteiger partial charge in [-0.15, -0.1) is 0 Å². The third kappa shape index (κ3) is 2.71. The van der Waals surface area contributed by atoms with Crippen LogP contribution in [0.4, 0.5) is 10.5 Å². The Balaban J connectivity index is 1.48. The van der Waals surface area contributed by atoms with Crippen LogP contribution < -0.4 is 10.6 Å². The van der Waals surface area contributed by atoms with Gasteiger partial charge in [0.1, 0.15) is 0 Å². The molecule has 0 saturated carbocycles. The Morgan fingerprint density at radius 3 is 3.08 bits per heavy atom. The van der Waals surface area contributed by atoms with Crippen molar-refractivity contribution >= 4 is 22.6 Å². The molecular formula is C18H19N5O. The van der Waals surface area contributed by atoms with Crippen molar-refractivity contribution < 1.29 is 4.79 Å². The molecule has 1 aliphatic carbocycles. The lowest BCUT2D eigenvalue weighted by atomic mass is 9.93. The third-order valence-corrected chi connectivity index (χ3v) is 4.53. The summed E-state index contributed by atoms with van der Waals surface area (Å²) in [6.45, 7) is 0. The lowest BCUT2D eigenvalue weighted by Gasteiger charge is -2.23.